The zero-order valence-corrected chi connectivity index (χ0v) is 16.2. The summed E-state index contributed by atoms with van der Waals surface area (Å²) in [5.41, 5.74) is 0.914. The number of hydrogen-bond acceptors (Lipinski definition) is 9. The summed E-state index contributed by atoms with van der Waals surface area (Å²) >= 11 is 0. The van der Waals surface area contributed by atoms with Crippen LogP contribution in [0.1, 0.15) is 19.4 Å². The molecule has 0 spiro atoms. The van der Waals surface area contributed by atoms with Gasteiger partial charge < -0.3 is 23.7 Å². The molecule has 4 atom stereocenters. The van der Waals surface area contributed by atoms with Crippen LogP contribution < -0.4 is 0 Å². The van der Waals surface area contributed by atoms with Gasteiger partial charge in [0.25, 0.3) is 10.1 Å². The van der Waals surface area contributed by atoms with Crippen molar-refractivity contribution < 1.29 is 41.1 Å². The Hall–Kier alpha value is -1.72. The Morgan fingerprint density at radius 2 is 1.85 bits per heavy atom. The molecule has 2 fully saturated rings. The summed E-state index contributed by atoms with van der Waals surface area (Å²) in [6, 6.07) is 6.24. The van der Waals surface area contributed by atoms with Gasteiger partial charge in [0.05, 0.1) is 12.0 Å². The van der Waals surface area contributed by atoms with Gasteiger partial charge in [0.2, 0.25) is 0 Å². The fraction of sp³-hybridized carbons (Fsp3) is 0.588. The van der Waals surface area contributed by atoms with Gasteiger partial charge in [-0.1, -0.05) is 17.7 Å². The van der Waals surface area contributed by atoms with E-state index in [1.165, 1.54) is 12.1 Å². The summed E-state index contributed by atoms with van der Waals surface area (Å²) in [6.07, 6.45) is -4.53. The molecule has 10 heteroatoms. The summed E-state index contributed by atoms with van der Waals surface area (Å²) in [5, 5.41) is 0. The predicted octanol–water partition coefficient (Wildman–Crippen LogP) is 1.73. The van der Waals surface area contributed by atoms with E-state index in [1.807, 2.05) is 6.92 Å². The van der Waals surface area contributed by atoms with Crippen molar-refractivity contribution in [2.45, 2.75) is 56.1 Å². The van der Waals surface area contributed by atoms with Crippen molar-refractivity contribution in [1.82, 2.24) is 0 Å². The SMILES string of the molecule is COC(=O)OCC1OC2OC(C)(C)OC2C1OS(=O)(=O)c1ccc(C)cc1. The molecule has 4 unspecified atom stereocenters. The highest BCUT2D eigenvalue weighted by Crippen LogP contribution is 2.39. The van der Waals surface area contributed by atoms with Crippen LogP contribution >= 0.6 is 0 Å². The third-order valence-electron chi connectivity index (χ3n) is 4.17. The van der Waals surface area contributed by atoms with Crippen molar-refractivity contribution in [3.63, 3.8) is 0 Å². The molecule has 0 N–H and O–H groups in total. The minimum absolute atomic E-state index is 0.00219. The second-order valence-electron chi connectivity index (χ2n) is 6.74. The van der Waals surface area contributed by atoms with Gasteiger partial charge in [-0.25, -0.2) is 4.79 Å². The number of benzene rings is 1. The van der Waals surface area contributed by atoms with E-state index in [2.05, 4.69) is 4.74 Å². The number of fused-ring (bicyclic) bond motifs is 1. The van der Waals surface area contributed by atoms with E-state index in [4.69, 9.17) is 23.1 Å². The summed E-state index contributed by atoms with van der Waals surface area (Å²) < 4.78 is 57.1. The van der Waals surface area contributed by atoms with E-state index < -0.39 is 46.7 Å². The topological polar surface area (TPSA) is 107 Å². The van der Waals surface area contributed by atoms with E-state index in [1.54, 1.807) is 26.0 Å². The summed E-state index contributed by atoms with van der Waals surface area (Å²) in [6.45, 7) is 4.93. The highest BCUT2D eigenvalue weighted by Gasteiger charge is 2.57. The molecule has 1 aromatic carbocycles. The molecule has 2 heterocycles. The van der Waals surface area contributed by atoms with Gasteiger partial charge >= 0.3 is 6.16 Å². The molecule has 0 bridgehead atoms. The van der Waals surface area contributed by atoms with Gasteiger partial charge in [0.15, 0.2) is 12.1 Å². The van der Waals surface area contributed by atoms with Crippen LogP contribution in [0.2, 0.25) is 0 Å². The van der Waals surface area contributed by atoms with E-state index in [9.17, 15) is 13.2 Å². The lowest BCUT2D eigenvalue weighted by atomic mass is 10.1. The Labute approximate surface area is 157 Å². The van der Waals surface area contributed by atoms with Crippen molar-refractivity contribution in [3.8, 4) is 0 Å². The average Bonchev–Trinajstić information content (AvgIpc) is 3.05. The van der Waals surface area contributed by atoms with Crippen LogP contribution in [0.5, 0.6) is 0 Å². The number of hydrogen-bond donors (Lipinski definition) is 0. The molecule has 9 nitrogen and oxygen atoms in total. The number of carbonyl (C=O) groups excluding carboxylic acids is 1. The molecule has 2 saturated heterocycles. The average molecular weight is 402 g/mol. The highest BCUT2D eigenvalue weighted by molar-refractivity contribution is 7.86. The first-order chi connectivity index (χ1) is 12.6. The monoisotopic (exact) mass is 402 g/mol. The summed E-state index contributed by atoms with van der Waals surface area (Å²) in [5.74, 6) is -0.960. The predicted molar refractivity (Wildman–Crippen MR) is 90.3 cm³/mol. The number of carbonyl (C=O) groups is 1. The molecule has 0 radical (unpaired) electrons. The number of methoxy groups -OCH3 is 1. The number of ether oxygens (including phenoxy) is 5. The van der Waals surface area contributed by atoms with Gasteiger partial charge in [0.1, 0.15) is 24.9 Å². The molecule has 0 saturated carbocycles. The first kappa shape index (κ1) is 20.0. The quantitative estimate of drug-likeness (QED) is 0.537. The molecule has 150 valence electrons. The first-order valence-corrected chi connectivity index (χ1v) is 9.74. The lowest BCUT2D eigenvalue weighted by molar-refractivity contribution is -0.216. The molecular weight excluding hydrogens is 380 g/mol. The second kappa shape index (κ2) is 7.36. The molecule has 2 aliphatic rings. The van der Waals surface area contributed by atoms with Crippen molar-refractivity contribution in [2.75, 3.05) is 13.7 Å². The van der Waals surface area contributed by atoms with Crippen molar-refractivity contribution in [3.05, 3.63) is 29.8 Å². The van der Waals surface area contributed by atoms with Crippen LogP contribution in [0.4, 0.5) is 4.79 Å². The van der Waals surface area contributed by atoms with Gasteiger partial charge in [-0.05, 0) is 32.9 Å². The van der Waals surface area contributed by atoms with Gasteiger partial charge in [-0.2, -0.15) is 8.42 Å². The molecule has 0 aromatic heterocycles. The highest BCUT2D eigenvalue weighted by atomic mass is 32.2. The number of aryl methyl sites for hydroxylation is 1. The third kappa shape index (κ3) is 4.41. The van der Waals surface area contributed by atoms with E-state index in [0.717, 1.165) is 12.7 Å². The molecule has 3 rings (SSSR count). The fourth-order valence-corrected chi connectivity index (χ4v) is 4.02. The van der Waals surface area contributed by atoms with Crippen LogP contribution in [0, 0.1) is 6.92 Å². The van der Waals surface area contributed by atoms with Gasteiger partial charge in [-0.15, -0.1) is 0 Å². The summed E-state index contributed by atoms with van der Waals surface area (Å²) in [7, 11) is -2.94. The summed E-state index contributed by atoms with van der Waals surface area (Å²) in [4.78, 5) is 11.2. The second-order valence-corrected chi connectivity index (χ2v) is 8.31. The van der Waals surface area contributed by atoms with E-state index in [-0.39, 0.29) is 11.5 Å². The standard InChI is InChI=1S/C17H22O9S/c1-10-5-7-11(8-6-10)27(19,20)26-13-12(9-22-16(18)21-4)23-15-14(13)24-17(2,3)25-15/h5-8,12-15H,9H2,1-4H3. The molecule has 0 aliphatic carbocycles. The minimum atomic E-state index is -4.10. The third-order valence-corrected chi connectivity index (χ3v) is 5.49. The van der Waals surface area contributed by atoms with Crippen LogP contribution in [0.15, 0.2) is 29.2 Å². The first-order valence-electron chi connectivity index (χ1n) is 8.33. The molecule has 2 aliphatic heterocycles. The van der Waals surface area contributed by atoms with Gasteiger partial charge in [-0.3, -0.25) is 4.18 Å². The Morgan fingerprint density at radius 1 is 1.19 bits per heavy atom. The Bertz CT molecular complexity index is 787. The van der Waals surface area contributed by atoms with Crippen LogP contribution in [-0.2, 0) is 38.0 Å². The smallest absolute Gasteiger partial charge is 0.438 e. The normalized spacial score (nSPS) is 29.3. The van der Waals surface area contributed by atoms with Crippen molar-refractivity contribution >= 4 is 16.3 Å². The zero-order valence-electron chi connectivity index (χ0n) is 15.4. The maximum absolute atomic E-state index is 12.7. The lowest BCUT2D eigenvalue weighted by Gasteiger charge is -2.25. The Morgan fingerprint density at radius 3 is 2.48 bits per heavy atom. The maximum atomic E-state index is 12.7. The van der Waals surface area contributed by atoms with Crippen molar-refractivity contribution in [2.24, 2.45) is 0 Å². The Kier molecular flexibility index (Phi) is 5.46. The van der Waals surface area contributed by atoms with E-state index >= 15 is 0 Å². The zero-order chi connectivity index (χ0) is 19.8. The van der Waals surface area contributed by atoms with Gasteiger partial charge in [0, 0.05) is 0 Å². The Balaban J connectivity index is 1.80. The van der Waals surface area contributed by atoms with Crippen LogP contribution in [0.25, 0.3) is 0 Å². The molecular formula is C17H22O9S. The minimum Gasteiger partial charge on any atom is -0.438 e. The molecule has 1 aromatic rings. The van der Waals surface area contributed by atoms with Crippen molar-refractivity contribution in [1.29, 1.82) is 0 Å². The van der Waals surface area contributed by atoms with Crippen LogP contribution in [0.3, 0.4) is 0 Å². The van der Waals surface area contributed by atoms with Crippen LogP contribution in [-0.4, -0.2) is 58.7 Å². The number of rotatable bonds is 5. The largest absolute Gasteiger partial charge is 0.508 e. The molecule has 27 heavy (non-hydrogen) atoms. The lowest BCUT2D eigenvalue weighted by Crippen LogP contribution is -2.40. The fourth-order valence-electron chi connectivity index (χ4n) is 2.91. The maximum Gasteiger partial charge on any atom is 0.508 e. The molecule has 0 amide bonds. The van der Waals surface area contributed by atoms with E-state index in [0.29, 0.717) is 0 Å².